The van der Waals surface area contributed by atoms with Gasteiger partial charge in [0.05, 0.1) is 0 Å². The summed E-state index contributed by atoms with van der Waals surface area (Å²) in [7, 11) is 0. The molecule has 0 saturated carbocycles. The molecule has 0 fully saturated rings. The molecule has 0 amide bonds. The zero-order valence-corrected chi connectivity index (χ0v) is 8.54. The van der Waals surface area contributed by atoms with Gasteiger partial charge in [0, 0.05) is 6.07 Å². The van der Waals surface area contributed by atoms with E-state index in [4.69, 9.17) is 4.52 Å². The molecule has 1 atom stereocenters. The van der Waals surface area contributed by atoms with Gasteiger partial charge < -0.3 is 9.63 Å². The van der Waals surface area contributed by atoms with Crippen LogP contribution in [0.3, 0.4) is 0 Å². The summed E-state index contributed by atoms with van der Waals surface area (Å²) >= 11 is 0. The fourth-order valence-corrected chi connectivity index (χ4v) is 1.12. The van der Waals surface area contributed by atoms with Gasteiger partial charge in [-0.25, -0.2) is 5.10 Å². The molecule has 2 N–H and O–H groups in total. The smallest absolute Gasteiger partial charge is 0.278 e. The van der Waals surface area contributed by atoms with Crippen molar-refractivity contribution in [3.05, 3.63) is 28.3 Å². The van der Waals surface area contributed by atoms with E-state index >= 15 is 0 Å². The Morgan fingerprint density at radius 2 is 2.38 bits per heavy atom. The Morgan fingerprint density at radius 3 is 3.00 bits per heavy atom. The van der Waals surface area contributed by atoms with E-state index in [1.807, 2.05) is 0 Å². The highest BCUT2D eigenvalue weighted by Crippen LogP contribution is 2.17. The maximum absolute atomic E-state index is 10.8. The third-order valence-electron chi connectivity index (χ3n) is 2.02. The van der Waals surface area contributed by atoms with Crippen molar-refractivity contribution >= 4 is 0 Å². The van der Waals surface area contributed by atoms with Gasteiger partial charge in [0.25, 0.3) is 11.4 Å². The number of H-pyrrole nitrogens is 1. The molecule has 2 heterocycles. The monoisotopic (exact) mass is 222 g/mol. The molecule has 0 spiro atoms. The molecule has 2 aromatic rings. The molecule has 1 unspecified atom stereocenters. The lowest BCUT2D eigenvalue weighted by Crippen LogP contribution is -2.05. The van der Waals surface area contributed by atoms with Crippen LogP contribution in [-0.4, -0.2) is 25.4 Å². The summed E-state index contributed by atoms with van der Waals surface area (Å²) in [5, 5.41) is 19.1. The van der Waals surface area contributed by atoms with Crippen LogP contribution in [0.25, 0.3) is 11.6 Å². The van der Waals surface area contributed by atoms with Crippen LogP contribution < -0.4 is 5.56 Å². The zero-order chi connectivity index (χ0) is 11.5. The van der Waals surface area contributed by atoms with Gasteiger partial charge in [-0.05, 0) is 12.5 Å². The van der Waals surface area contributed by atoms with Crippen LogP contribution in [0.5, 0.6) is 0 Å². The maximum Gasteiger partial charge on any atom is 0.278 e. The van der Waals surface area contributed by atoms with Crippen molar-refractivity contribution in [1.29, 1.82) is 0 Å². The van der Waals surface area contributed by atoms with Gasteiger partial charge in [-0.2, -0.15) is 10.1 Å². The minimum Gasteiger partial charge on any atom is -0.385 e. The Hall–Kier alpha value is -2.02. The van der Waals surface area contributed by atoms with Gasteiger partial charge in [0.15, 0.2) is 0 Å². The molecule has 16 heavy (non-hydrogen) atoms. The van der Waals surface area contributed by atoms with Crippen LogP contribution >= 0.6 is 0 Å². The highest BCUT2D eigenvalue weighted by molar-refractivity contribution is 5.44. The fourth-order valence-electron chi connectivity index (χ4n) is 1.12. The van der Waals surface area contributed by atoms with E-state index in [0.717, 1.165) is 0 Å². The van der Waals surface area contributed by atoms with Crippen LogP contribution in [-0.2, 0) is 0 Å². The summed E-state index contributed by atoms with van der Waals surface area (Å²) < 4.78 is 4.91. The van der Waals surface area contributed by atoms with Crippen LogP contribution in [0.4, 0.5) is 0 Å². The molecule has 7 nitrogen and oxygen atoms in total. The Morgan fingerprint density at radius 1 is 1.56 bits per heavy atom. The normalized spacial score (nSPS) is 12.6. The molecular formula is C9H10N4O3. The SMILES string of the molecule is CCC(O)c1noc(-c2ccc(=O)[nH]n2)n1. The van der Waals surface area contributed by atoms with Gasteiger partial charge in [-0.15, -0.1) is 0 Å². The van der Waals surface area contributed by atoms with Crippen LogP contribution in [0.1, 0.15) is 25.3 Å². The predicted octanol–water partition coefficient (Wildman–Crippen LogP) is 0.263. The standard InChI is InChI=1S/C9H10N4O3/c1-2-6(14)8-10-9(16-13-8)5-3-4-7(15)12-11-5/h3-4,6,14H,2H2,1H3,(H,12,15). The number of hydrogen-bond acceptors (Lipinski definition) is 6. The molecular weight excluding hydrogens is 212 g/mol. The largest absolute Gasteiger partial charge is 0.385 e. The van der Waals surface area contributed by atoms with Gasteiger partial charge in [0.1, 0.15) is 11.8 Å². The topological polar surface area (TPSA) is 105 Å². The number of aliphatic hydroxyl groups is 1. The van der Waals surface area contributed by atoms with Gasteiger partial charge in [-0.3, -0.25) is 4.79 Å². The van der Waals surface area contributed by atoms with Crippen molar-refractivity contribution in [2.24, 2.45) is 0 Å². The number of rotatable bonds is 3. The molecule has 0 aliphatic rings. The Labute approximate surface area is 90.1 Å². The van der Waals surface area contributed by atoms with Crippen LogP contribution in [0.15, 0.2) is 21.5 Å². The van der Waals surface area contributed by atoms with E-state index in [1.54, 1.807) is 6.92 Å². The highest BCUT2D eigenvalue weighted by Gasteiger charge is 2.15. The van der Waals surface area contributed by atoms with Crippen molar-refractivity contribution in [2.45, 2.75) is 19.4 Å². The number of aromatic amines is 1. The first-order valence-electron chi connectivity index (χ1n) is 4.78. The van der Waals surface area contributed by atoms with E-state index in [2.05, 4.69) is 20.3 Å². The van der Waals surface area contributed by atoms with Crippen molar-refractivity contribution < 1.29 is 9.63 Å². The molecule has 2 rings (SSSR count). The lowest BCUT2D eigenvalue weighted by molar-refractivity contribution is 0.159. The first-order chi connectivity index (χ1) is 7.70. The second-order valence-electron chi connectivity index (χ2n) is 3.19. The first-order valence-corrected chi connectivity index (χ1v) is 4.78. The molecule has 0 saturated heterocycles. The lowest BCUT2D eigenvalue weighted by atomic mass is 10.3. The van der Waals surface area contributed by atoms with Crippen LogP contribution in [0, 0.1) is 0 Å². The number of nitrogens with zero attached hydrogens (tertiary/aromatic N) is 3. The van der Waals surface area contributed by atoms with Gasteiger partial charge in [-0.1, -0.05) is 12.1 Å². The summed E-state index contributed by atoms with van der Waals surface area (Å²) in [6.45, 7) is 1.80. The summed E-state index contributed by atoms with van der Waals surface area (Å²) in [6, 6.07) is 2.77. The third-order valence-corrected chi connectivity index (χ3v) is 2.02. The molecule has 0 bridgehead atoms. The number of aromatic nitrogens is 4. The molecule has 2 aromatic heterocycles. The van der Waals surface area contributed by atoms with Crippen molar-refractivity contribution in [3.8, 4) is 11.6 Å². The first kappa shape index (κ1) is 10.5. The molecule has 7 heteroatoms. The average molecular weight is 222 g/mol. The lowest BCUT2D eigenvalue weighted by Gasteiger charge is -1.97. The predicted molar refractivity (Wildman–Crippen MR) is 53.4 cm³/mol. The summed E-state index contributed by atoms with van der Waals surface area (Å²) in [5.41, 5.74) is 0.0544. The van der Waals surface area contributed by atoms with Gasteiger partial charge >= 0.3 is 0 Å². The van der Waals surface area contributed by atoms with Crippen molar-refractivity contribution in [2.75, 3.05) is 0 Å². The highest BCUT2D eigenvalue weighted by atomic mass is 16.5. The van der Waals surface area contributed by atoms with Gasteiger partial charge in [0.2, 0.25) is 5.82 Å². The molecule has 84 valence electrons. The van der Waals surface area contributed by atoms with Crippen molar-refractivity contribution in [1.82, 2.24) is 20.3 Å². The second kappa shape index (κ2) is 4.23. The summed E-state index contributed by atoms with van der Waals surface area (Å²) in [4.78, 5) is 14.8. The number of hydrogen-bond donors (Lipinski definition) is 2. The van der Waals surface area contributed by atoms with E-state index in [0.29, 0.717) is 12.1 Å². The summed E-state index contributed by atoms with van der Waals surface area (Å²) in [6.07, 6.45) is -0.252. The average Bonchev–Trinajstić information content (AvgIpc) is 2.78. The Bertz CT molecular complexity index is 513. The molecule has 0 aliphatic heterocycles. The van der Waals surface area contributed by atoms with Crippen LogP contribution in [0.2, 0.25) is 0 Å². The second-order valence-corrected chi connectivity index (χ2v) is 3.19. The third kappa shape index (κ3) is 1.98. The van der Waals surface area contributed by atoms with Crippen molar-refractivity contribution in [3.63, 3.8) is 0 Å². The molecule has 0 aromatic carbocycles. The van der Waals surface area contributed by atoms with E-state index in [-0.39, 0.29) is 17.3 Å². The number of aliphatic hydroxyl groups excluding tert-OH is 1. The number of nitrogens with one attached hydrogen (secondary N) is 1. The molecule has 0 radical (unpaired) electrons. The maximum atomic E-state index is 10.8. The van der Waals surface area contributed by atoms with E-state index in [1.165, 1.54) is 12.1 Å². The minimum atomic E-state index is -0.750. The molecule has 0 aliphatic carbocycles. The van der Waals surface area contributed by atoms with E-state index < -0.39 is 6.10 Å². The quantitative estimate of drug-likeness (QED) is 0.771. The van der Waals surface area contributed by atoms with E-state index in [9.17, 15) is 9.90 Å². The Kier molecular flexibility index (Phi) is 2.78. The summed E-state index contributed by atoms with van der Waals surface area (Å²) in [5.74, 6) is 0.379. The zero-order valence-electron chi connectivity index (χ0n) is 8.54. The minimum absolute atomic E-state index is 0.166. The Balaban J connectivity index is 2.31. The fraction of sp³-hybridized carbons (Fsp3) is 0.333.